The van der Waals surface area contributed by atoms with Crippen LogP contribution in [0.25, 0.3) is 0 Å². The van der Waals surface area contributed by atoms with Crippen molar-refractivity contribution < 1.29 is 0 Å². The first-order valence-corrected chi connectivity index (χ1v) is 6.13. The molecule has 0 saturated carbocycles. The molecule has 0 amide bonds. The Hall–Kier alpha value is -0.0800. The van der Waals surface area contributed by atoms with Crippen molar-refractivity contribution in [2.24, 2.45) is 5.41 Å². The third-order valence-electron chi connectivity index (χ3n) is 2.47. The van der Waals surface area contributed by atoms with Crippen LogP contribution in [0, 0.1) is 5.41 Å². The highest BCUT2D eigenvalue weighted by atomic mass is 15.1. The zero-order valence-electron chi connectivity index (χ0n) is 12.2. The minimum Gasteiger partial charge on any atom is -0.309 e. The summed E-state index contributed by atoms with van der Waals surface area (Å²) >= 11 is 0. The lowest BCUT2D eigenvalue weighted by atomic mass is 9.85. The van der Waals surface area contributed by atoms with Gasteiger partial charge in [-0.1, -0.05) is 27.7 Å². The van der Waals surface area contributed by atoms with E-state index in [1.807, 2.05) is 13.8 Å². The molecule has 0 atom stereocenters. The highest BCUT2D eigenvalue weighted by Gasteiger charge is 2.17. The van der Waals surface area contributed by atoms with Gasteiger partial charge in [-0.05, 0) is 59.5 Å². The number of rotatable bonds is 6. The lowest BCUT2D eigenvalue weighted by Crippen LogP contribution is -2.25. The molecule has 0 N–H and O–H groups in total. The first-order chi connectivity index (χ1) is 6.83. The fourth-order valence-electron chi connectivity index (χ4n) is 1.18. The van der Waals surface area contributed by atoms with Crippen LogP contribution in [0.4, 0.5) is 0 Å². The molecule has 0 aliphatic rings. The molecule has 0 rings (SSSR count). The van der Waals surface area contributed by atoms with Gasteiger partial charge in [0.2, 0.25) is 0 Å². The van der Waals surface area contributed by atoms with Gasteiger partial charge in [-0.15, -0.1) is 0 Å². The van der Waals surface area contributed by atoms with E-state index in [4.69, 9.17) is 0 Å². The van der Waals surface area contributed by atoms with Crippen molar-refractivity contribution in [2.75, 3.05) is 41.3 Å². The van der Waals surface area contributed by atoms with Crippen molar-refractivity contribution in [3.63, 3.8) is 0 Å². The molecule has 0 aliphatic carbocycles. The Morgan fingerprint density at radius 3 is 1.20 bits per heavy atom. The standard InChI is InChI=1S/C11H26N2.C2H6/c1-11(2,7-9-12(3)4)8-10-13(5)6;1-2/h7-10H2,1-6H3;1-2H3. The molecule has 0 aliphatic heterocycles. The third-order valence-corrected chi connectivity index (χ3v) is 2.47. The van der Waals surface area contributed by atoms with E-state index >= 15 is 0 Å². The largest absolute Gasteiger partial charge is 0.309 e. The van der Waals surface area contributed by atoms with Crippen LogP contribution in [-0.4, -0.2) is 51.1 Å². The quantitative estimate of drug-likeness (QED) is 0.673. The Balaban J connectivity index is 0. The average Bonchev–Trinajstić information content (AvgIpc) is 2.16. The van der Waals surface area contributed by atoms with Gasteiger partial charge in [0.15, 0.2) is 0 Å². The summed E-state index contributed by atoms with van der Waals surface area (Å²) in [6.45, 7) is 11.1. The first-order valence-electron chi connectivity index (χ1n) is 6.13. The summed E-state index contributed by atoms with van der Waals surface area (Å²) in [6, 6.07) is 0. The maximum atomic E-state index is 2.36. The number of hydrogen-bond acceptors (Lipinski definition) is 2. The van der Waals surface area contributed by atoms with E-state index in [0.29, 0.717) is 5.41 Å². The Kier molecular flexibility index (Phi) is 10.6. The second kappa shape index (κ2) is 9.17. The molecule has 2 heteroatoms. The minimum atomic E-state index is 0.481. The Morgan fingerprint density at radius 1 is 0.733 bits per heavy atom. The van der Waals surface area contributed by atoms with Crippen LogP contribution in [0.3, 0.4) is 0 Å². The fraction of sp³-hybridized carbons (Fsp3) is 1.00. The van der Waals surface area contributed by atoms with Crippen LogP contribution in [0.2, 0.25) is 0 Å². The van der Waals surface area contributed by atoms with Crippen molar-refractivity contribution in [1.82, 2.24) is 9.80 Å². The van der Waals surface area contributed by atoms with Gasteiger partial charge in [-0.25, -0.2) is 0 Å². The van der Waals surface area contributed by atoms with Crippen LogP contribution in [-0.2, 0) is 0 Å². The molecule has 0 bridgehead atoms. The van der Waals surface area contributed by atoms with Gasteiger partial charge < -0.3 is 9.80 Å². The Bertz CT molecular complexity index is 114. The molecule has 0 aromatic carbocycles. The van der Waals surface area contributed by atoms with E-state index in [9.17, 15) is 0 Å². The van der Waals surface area contributed by atoms with E-state index in [2.05, 4.69) is 51.8 Å². The summed E-state index contributed by atoms with van der Waals surface area (Å²) in [4.78, 5) is 4.52. The monoisotopic (exact) mass is 216 g/mol. The van der Waals surface area contributed by atoms with Crippen LogP contribution >= 0.6 is 0 Å². The normalized spacial score (nSPS) is 11.6. The summed E-state index contributed by atoms with van der Waals surface area (Å²) in [5.74, 6) is 0. The molecule has 15 heavy (non-hydrogen) atoms. The SMILES string of the molecule is CC.CN(C)CCC(C)(C)CCN(C)C. The van der Waals surface area contributed by atoms with Crippen LogP contribution in [0.5, 0.6) is 0 Å². The van der Waals surface area contributed by atoms with E-state index in [-0.39, 0.29) is 0 Å². The molecule has 2 nitrogen and oxygen atoms in total. The second-order valence-electron chi connectivity index (χ2n) is 5.27. The van der Waals surface area contributed by atoms with Crippen LogP contribution in [0.15, 0.2) is 0 Å². The van der Waals surface area contributed by atoms with Gasteiger partial charge in [-0.2, -0.15) is 0 Å². The molecular formula is C13H32N2. The molecule has 0 aromatic rings. The van der Waals surface area contributed by atoms with Gasteiger partial charge in [0.25, 0.3) is 0 Å². The lowest BCUT2D eigenvalue weighted by Gasteiger charge is -2.27. The number of hydrogen-bond donors (Lipinski definition) is 0. The smallest absolute Gasteiger partial charge is 0.00197 e. The second-order valence-corrected chi connectivity index (χ2v) is 5.27. The minimum absolute atomic E-state index is 0.481. The van der Waals surface area contributed by atoms with Crippen LogP contribution < -0.4 is 0 Å². The van der Waals surface area contributed by atoms with Crippen LogP contribution in [0.1, 0.15) is 40.5 Å². The van der Waals surface area contributed by atoms with E-state index < -0.39 is 0 Å². The summed E-state index contributed by atoms with van der Waals surface area (Å²) in [6.07, 6.45) is 2.57. The summed E-state index contributed by atoms with van der Waals surface area (Å²) in [7, 11) is 8.56. The third kappa shape index (κ3) is 13.9. The zero-order valence-corrected chi connectivity index (χ0v) is 12.2. The summed E-state index contributed by atoms with van der Waals surface area (Å²) < 4.78 is 0. The molecule has 0 unspecified atom stereocenters. The molecule has 0 aromatic heterocycles. The highest BCUT2D eigenvalue weighted by Crippen LogP contribution is 2.24. The maximum Gasteiger partial charge on any atom is -0.00197 e. The number of nitrogens with zero attached hydrogens (tertiary/aromatic N) is 2. The van der Waals surface area contributed by atoms with Gasteiger partial charge in [0.1, 0.15) is 0 Å². The van der Waals surface area contributed by atoms with Gasteiger partial charge in [0.05, 0.1) is 0 Å². The van der Waals surface area contributed by atoms with Crippen molar-refractivity contribution in [1.29, 1.82) is 0 Å². The highest BCUT2D eigenvalue weighted by molar-refractivity contribution is 4.70. The van der Waals surface area contributed by atoms with E-state index in [1.54, 1.807) is 0 Å². The van der Waals surface area contributed by atoms with Gasteiger partial charge in [0, 0.05) is 0 Å². The zero-order chi connectivity index (χ0) is 12.5. The van der Waals surface area contributed by atoms with Gasteiger partial charge >= 0.3 is 0 Å². The topological polar surface area (TPSA) is 6.48 Å². The van der Waals surface area contributed by atoms with E-state index in [1.165, 1.54) is 25.9 Å². The Morgan fingerprint density at radius 2 is 1.00 bits per heavy atom. The van der Waals surface area contributed by atoms with Crippen molar-refractivity contribution in [3.05, 3.63) is 0 Å². The Labute approximate surface area is 97.6 Å². The average molecular weight is 216 g/mol. The fourth-order valence-corrected chi connectivity index (χ4v) is 1.18. The van der Waals surface area contributed by atoms with Gasteiger partial charge in [-0.3, -0.25) is 0 Å². The molecule has 0 saturated heterocycles. The lowest BCUT2D eigenvalue weighted by molar-refractivity contribution is 0.229. The predicted octanol–water partition coefficient (Wildman–Crippen LogP) is 2.94. The first kappa shape index (κ1) is 17.3. The molecule has 0 fully saturated rings. The summed E-state index contributed by atoms with van der Waals surface area (Å²) in [5.41, 5.74) is 0.481. The molecule has 0 spiro atoms. The van der Waals surface area contributed by atoms with Crippen molar-refractivity contribution in [3.8, 4) is 0 Å². The summed E-state index contributed by atoms with van der Waals surface area (Å²) in [5, 5.41) is 0. The molecule has 94 valence electrons. The molecule has 0 radical (unpaired) electrons. The predicted molar refractivity (Wildman–Crippen MR) is 71.5 cm³/mol. The van der Waals surface area contributed by atoms with Crippen molar-refractivity contribution >= 4 is 0 Å². The maximum absolute atomic E-state index is 2.36. The molecule has 0 heterocycles. The molecular weight excluding hydrogens is 184 g/mol. The van der Waals surface area contributed by atoms with Crippen molar-refractivity contribution in [2.45, 2.75) is 40.5 Å². The van der Waals surface area contributed by atoms with E-state index in [0.717, 1.165) is 0 Å².